The molecule has 0 spiro atoms. The van der Waals surface area contributed by atoms with Crippen LogP contribution in [-0.2, 0) is 11.3 Å². The molecule has 1 N–H and O–H groups in total. The molecule has 0 radical (unpaired) electrons. The Bertz CT molecular complexity index is 694. The highest BCUT2D eigenvalue weighted by Crippen LogP contribution is 2.44. The molecular weight excluding hydrogens is 302 g/mol. The molecule has 0 bridgehead atoms. The Balaban J connectivity index is 1.73. The van der Waals surface area contributed by atoms with Crippen LogP contribution in [0.5, 0.6) is 0 Å². The van der Waals surface area contributed by atoms with Crippen LogP contribution in [0.4, 0.5) is 0 Å². The first-order chi connectivity index (χ1) is 11.6. The Kier molecular flexibility index (Phi) is 4.39. The second-order valence-corrected chi connectivity index (χ2v) is 6.52. The first kappa shape index (κ1) is 16.3. The summed E-state index contributed by atoms with van der Waals surface area (Å²) in [4.78, 5) is 26.0. The van der Waals surface area contributed by atoms with E-state index in [-0.39, 0.29) is 17.9 Å². The summed E-state index contributed by atoms with van der Waals surface area (Å²) in [7, 11) is 0. The Morgan fingerprint density at radius 1 is 1.33 bits per heavy atom. The molecular formula is C19H21N3O2. The van der Waals surface area contributed by atoms with Crippen molar-refractivity contribution in [1.82, 2.24) is 10.2 Å². The molecule has 3 rings (SSSR count). The van der Waals surface area contributed by atoms with Crippen LogP contribution in [-0.4, -0.2) is 28.3 Å². The fourth-order valence-corrected chi connectivity index (χ4v) is 3.13. The number of nitrogens with zero attached hydrogens (tertiary/aromatic N) is 2. The predicted molar refractivity (Wildman–Crippen MR) is 89.9 cm³/mol. The number of hydrogen-bond donors (Lipinski definition) is 1. The van der Waals surface area contributed by atoms with E-state index in [0.29, 0.717) is 12.1 Å². The van der Waals surface area contributed by atoms with E-state index >= 15 is 0 Å². The molecule has 0 unspecified atom stereocenters. The summed E-state index contributed by atoms with van der Waals surface area (Å²) in [5, 5.41) is 12.3. The van der Waals surface area contributed by atoms with Crippen molar-refractivity contribution >= 4 is 11.8 Å². The van der Waals surface area contributed by atoms with E-state index in [0.717, 1.165) is 37.7 Å². The Labute approximate surface area is 141 Å². The standard InChI is InChI=1S/C19H21N3O2/c1-2-17(23)21-12-14-4-6-15(7-5-14)18(24)22(16-8-9-16)19(13-20)10-3-11-19/h2,4-7,16H,1,3,8-12H2,(H,21,23). The largest absolute Gasteiger partial charge is 0.348 e. The van der Waals surface area contributed by atoms with Crippen molar-refractivity contribution in [3.8, 4) is 6.07 Å². The molecule has 2 saturated carbocycles. The number of nitriles is 1. The molecule has 2 fully saturated rings. The summed E-state index contributed by atoms with van der Waals surface area (Å²) in [5.41, 5.74) is 0.912. The molecule has 0 atom stereocenters. The minimum atomic E-state index is -0.602. The number of amides is 2. The van der Waals surface area contributed by atoms with E-state index in [1.165, 1.54) is 6.08 Å². The van der Waals surface area contributed by atoms with E-state index in [2.05, 4.69) is 18.0 Å². The van der Waals surface area contributed by atoms with Crippen LogP contribution in [0.2, 0.25) is 0 Å². The molecule has 5 nitrogen and oxygen atoms in total. The zero-order chi connectivity index (χ0) is 17.2. The van der Waals surface area contributed by atoms with Gasteiger partial charge in [0.15, 0.2) is 0 Å². The lowest BCUT2D eigenvalue weighted by molar-refractivity contribution is -0.116. The van der Waals surface area contributed by atoms with Crippen molar-refractivity contribution in [2.75, 3.05) is 0 Å². The number of rotatable bonds is 6. The van der Waals surface area contributed by atoms with Gasteiger partial charge in [-0.05, 0) is 55.9 Å². The molecule has 0 heterocycles. The summed E-state index contributed by atoms with van der Waals surface area (Å²) in [6.07, 6.45) is 5.76. The average Bonchev–Trinajstić information content (AvgIpc) is 3.40. The van der Waals surface area contributed by atoms with E-state index in [1.54, 1.807) is 12.1 Å². The Morgan fingerprint density at radius 3 is 2.46 bits per heavy atom. The first-order valence-electron chi connectivity index (χ1n) is 8.34. The molecule has 1 aromatic rings. The van der Waals surface area contributed by atoms with Crippen LogP contribution in [0.1, 0.15) is 48.0 Å². The van der Waals surface area contributed by atoms with E-state index < -0.39 is 5.54 Å². The third kappa shape index (κ3) is 3.05. The van der Waals surface area contributed by atoms with E-state index in [9.17, 15) is 14.9 Å². The summed E-state index contributed by atoms with van der Waals surface area (Å²) in [5.74, 6) is -0.281. The highest BCUT2D eigenvalue weighted by molar-refractivity contribution is 5.95. The van der Waals surface area contributed by atoms with Gasteiger partial charge in [0.05, 0.1) is 6.07 Å². The fourth-order valence-electron chi connectivity index (χ4n) is 3.13. The van der Waals surface area contributed by atoms with Crippen LogP contribution in [0.3, 0.4) is 0 Å². The molecule has 0 aromatic heterocycles. The van der Waals surface area contributed by atoms with E-state index in [4.69, 9.17) is 0 Å². The van der Waals surface area contributed by atoms with Gasteiger partial charge in [-0.3, -0.25) is 9.59 Å². The van der Waals surface area contributed by atoms with Gasteiger partial charge in [0, 0.05) is 18.2 Å². The van der Waals surface area contributed by atoms with Crippen LogP contribution < -0.4 is 5.32 Å². The normalized spacial score (nSPS) is 18.0. The monoisotopic (exact) mass is 323 g/mol. The number of carbonyl (C=O) groups is 2. The quantitative estimate of drug-likeness (QED) is 0.818. The highest BCUT2D eigenvalue weighted by Gasteiger charge is 2.51. The second kappa shape index (κ2) is 6.48. The van der Waals surface area contributed by atoms with Gasteiger partial charge in [0.2, 0.25) is 5.91 Å². The molecule has 2 amide bonds. The molecule has 124 valence electrons. The van der Waals surface area contributed by atoms with Gasteiger partial charge in [0.25, 0.3) is 5.91 Å². The Hall–Kier alpha value is -2.61. The lowest BCUT2D eigenvalue weighted by atomic mass is 9.76. The SMILES string of the molecule is C=CC(=O)NCc1ccc(C(=O)N(C2CC2)C2(C#N)CCC2)cc1. The number of carbonyl (C=O) groups excluding carboxylic acids is 2. The van der Waals surface area contributed by atoms with Crippen molar-refractivity contribution in [3.05, 3.63) is 48.0 Å². The minimum Gasteiger partial charge on any atom is -0.348 e. The van der Waals surface area contributed by atoms with Crippen LogP contribution in [0, 0.1) is 11.3 Å². The summed E-state index contributed by atoms with van der Waals surface area (Å²) in [6.45, 7) is 3.80. The second-order valence-electron chi connectivity index (χ2n) is 6.52. The van der Waals surface area contributed by atoms with Crippen molar-refractivity contribution in [3.63, 3.8) is 0 Å². The maximum absolute atomic E-state index is 12.9. The van der Waals surface area contributed by atoms with Gasteiger partial charge in [-0.15, -0.1) is 0 Å². The third-order valence-electron chi connectivity index (χ3n) is 4.83. The molecule has 0 aliphatic heterocycles. The topological polar surface area (TPSA) is 73.2 Å². The molecule has 2 aliphatic rings. The highest BCUT2D eigenvalue weighted by atomic mass is 16.2. The van der Waals surface area contributed by atoms with Crippen LogP contribution in [0.15, 0.2) is 36.9 Å². The van der Waals surface area contributed by atoms with E-state index in [1.807, 2.05) is 17.0 Å². The van der Waals surface area contributed by atoms with Crippen molar-refractivity contribution < 1.29 is 9.59 Å². The van der Waals surface area contributed by atoms with Gasteiger partial charge in [-0.25, -0.2) is 0 Å². The minimum absolute atomic E-state index is 0.0552. The van der Waals surface area contributed by atoms with Crippen molar-refractivity contribution in [1.29, 1.82) is 5.26 Å². The van der Waals surface area contributed by atoms with Crippen molar-refractivity contribution in [2.45, 2.75) is 50.2 Å². The summed E-state index contributed by atoms with van der Waals surface area (Å²) in [6, 6.07) is 9.82. The van der Waals surface area contributed by atoms with Crippen LogP contribution >= 0.6 is 0 Å². The first-order valence-corrected chi connectivity index (χ1v) is 8.34. The van der Waals surface area contributed by atoms with Gasteiger partial charge >= 0.3 is 0 Å². The molecule has 1 aromatic carbocycles. The number of nitrogens with one attached hydrogen (secondary N) is 1. The predicted octanol–water partition coefficient (Wildman–Crippen LogP) is 2.54. The third-order valence-corrected chi connectivity index (χ3v) is 4.83. The molecule has 5 heteroatoms. The molecule has 0 saturated heterocycles. The fraction of sp³-hybridized carbons (Fsp3) is 0.421. The maximum Gasteiger partial charge on any atom is 0.255 e. The average molecular weight is 323 g/mol. The Morgan fingerprint density at radius 2 is 2.00 bits per heavy atom. The van der Waals surface area contributed by atoms with Crippen molar-refractivity contribution in [2.24, 2.45) is 0 Å². The number of hydrogen-bond acceptors (Lipinski definition) is 3. The van der Waals surface area contributed by atoms with Gasteiger partial charge in [0.1, 0.15) is 5.54 Å². The number of benzene rings is 1. The molecule has 2 aliphatic carbocycles. The molecule has 24 heavy (non-hydrogen) atoms. The summed E-state index contributed by atoms with van der Waals surface area (Å²) >= 11 is 0. The summed E-state index contributed by atoms with van der Waals surface area (Å²) < 4.78 is 0. The van der Waals surface area contributed by atoms with Gasteiger partial charge in [-0.2, -0.15) is 5.26 Å². The van der Waals surface area contributed by atoms with Crippen LogP contribution in [0.25, 0.3) is 0 Å². The van der Waals surface area contributed by atoms with Gasteiger partial charge in [-0.1, -0.05) is 18.7 Å². The lowest BCUT2D eigenvalue weighted by Crippen LogP contribution is -2.56. The zero-order valence-corrected chi connectivity index (χ0v) is 13.6. The van der Waals surface area contributed by atoms with Gasteiger partial charge < -0.3 is 10.2 Å². The maximum atomic E-state index is 12.9. The smallest absolute Gasteiger partial charge is 0.255 e. The zero-order valence-electron chi connectivity index (χ0n) is 13.6. The lowest BCUT2D eigenvalue weighted by Gasteiger charge is -2.45.